The highest BCUT2D eigenvalue weighted by Gasteiger charge is 2.52. The van der Waals surface area contributed by atoms with E-state index in [4.69, 9.17) is 0 Å². The van der Waals surface area contributed by atoms with Crippen LogP contribution in [0.5, 0.6) is 0 Å². The Morgan fingerprint density at radius 3 is 2.60 bits per heavy atom. The van der Waals surface area contributed by atoms with Crippen LogP contribution in [0.1, 0.15) is 44.7 Å². The summed E-state index contributed by atoms with van der Waals surface area (Å²) in [5, 5.41) is 9.96. The lowest BCUT2D eigenvalue weighted by atomic mass is 9.54. The van der Waals surface area contributed by atoms with E-state index < -0.39 is 0 Å². The zero-order chi connectivity index (χ0) is 10.9. The van der Waals surface area contributed by atoms with Crippen molar-refractivity contribution in [3.63, 3.8) is 0 Å². The van der Waals surface area contributed by atoms with Gasteiger partial charge in [-0.25, -0.2) is 0 Å². The molecule has 2 nitrogen and oxygen atoms in total. The van der Waals surface area contributed by atoms with Crippen molar-refractivity contribution in [1.82, 2.24) is 4.98 Å². The van der Waals surface area contributed by atoms with E-state index in [2.05, 4.69) is 24.9 Å². The Morgan fingerprint density at radius 1 is 1.40 bits per heavy atom. The SMILES string of the molecule is CCC1(CC)C(O)CC1c1ccccn1. The quantitative estimate of drug-likeness (QED) is 0.823. The highest BCUT2D eigenvalue weighted by Crippen LogP contribution is 2.56. The van der Waals surface area contributed by atoms with Crippen LogP contribution in [0.3, 0.4) is 0 Å². The van der Waals surface area contributed by atoms with E-state index in [1.165, 1.54) is 0 Å². The van der Waals surface area contributed by atoms with Crippen LogP contribution in [0.15, 0.2) is 24.4 Å². The first-order valence-electron chi connectivity index (χ1n) is 5.83. The lowest BCUT2D eigenvalue weighted by Gasteiger charge is -2.53. The highest BCUT2D eigenvalue weighted by molar-refractivity contribution is 5.21. The van der Waals surface area contributed by atoms with Crippen LogP contribution in [0.25, 0.3) is 0 Å². The van der Waals surface area contributed by atoms with Gasteiger partial charge in [-0.05, 0) is 31.4 Å². The summed E-state index contributed by atoms with van der Waals surface area (Å²) in [6, 6.07) is 6.05. The van der Waals surface area contributed by atoms with Gasteiger partial charge in [0.1, 0.15) is 0 Å². The predicted molar refractivity (Wildman–Crippen MR) is 60.6 cm³/mol. The molecule has 2 heteroatoms. The summed E-state index contributed by atoms with van der Waals surface area (Å²) >= 11 is 0. The van der Waals surface area contributed by atoms with Crippen LogP contribution >= 0.6 is 0 Å². The van der Waals surface area contributed by atoms with E-state index in [-0.39, 0.29) is 11.5 Å². The topological polar surface area (TPSA) is 33.1 Å². The average molecular weight is 205 g/mol. The first-order valence-corrected chi connectivity index (χ1v) is 5.83. The molecule has 0 amide bonds. The maximum absolute atomic E-state index is 9.96. The standard InChI is InChI=1S/C13H19NO/c1-3-13(4-2)10(9-12(13)15)11-7-5-6-8-14-11/h5-8,10,12,15H,3-4,9H2,1-2H3. The molecule has 1 fully saturated rings. The molecule has 1 saturated carbocycles. The molecule has 2 atom stereocenters. The fraction of sp³-hybridized carbons (Fsp3) is 0.615. The third kappa shape index (κ3) is 1.48. The van der Waals surface area contributed by atoms with Gasteiger partial charge in [-0.1, -0.05) is 19.9 Å². The Hall–Kier alpha value is -0.890. The van der Waals surface area contributed by atoms with E-state index in [1.807, 2.05) is 18.3 Å². The molecule has 2 rings (SSSR count). The van der Waals surface area contributed by atoms with Crippen molar-refractivity contribution in [3.05, 3.63) is 30.1 Å². The molecule has 1 aliphatic carbocycles. The Morgan fingerprint density at radius 2 is 2.13 bits per heavy atom. The second-order valence-corrected chi connectivity index (χ2v) is 4.50. The Kier molecular flexibility index (Phi) is 2.79. The summed E-state index contributed by atoms with van der Waals surface area (Å²) in [7, 11) is 0. The molecule has 15 heavy (non-hydrogen) atoms. The molecule has 1 N–H and O–H groups in total. The summed E-state index contributed by atoms with van der Waals surface area (Å²) in [6.45, 7) is 4.34. The predicted octanol–water partition coefficient (Wildman–Crippen LogP) is 2.74. The summed E-state index contributed by atoms with van der Waals surface area (Å²) < 4.78 is 0. The van der Waals surface area contributed by atoms with Crippen molar-refractivity contribution in [2.45, 2.75) is 45.1 Å². The molecule has 0 bridgehead atoms. The van der Waals surface area contributed by atoms with Gasteiger partial charge in [-0.2, -0.15) is 0 Å². The highest BCUT2D eigenvalue weighted by atomic mass is 16.3. The maximum atomic E-state index is 9.96. The Bertz CT molecular complexity index is 319. The third-order valence-electron chi connectivity index (χ3n) is 4.18. The molecule has 1 aromatic heterocycles. The number of pyridine rings is 1. The van der Waals surface area contributed by atoms with Gasteiger partial charge in [0.2, 0.25) is 0 Å². The molecular formula is C13H19NO. The first-order chi connectivity index (χ1) is 7.24. The molecule has 1 heterocycles. The fourth-order valence-corrected chi connectivity index (χ4v) is 2.98. The van der Waals surface area contributed by atoms with E-state index in [0.717, 1.165) is 25.0 Å². The third-order valence-corrected chi connectivity index (χ3v) is 4.18. The molecule has 0 saturated heterocycles. The van der Waals surface area contributed by atoms with Gasteiger partial charge in [0.05, 0.1) is 6.10 Å². The lowest BCUT2D eigenvalue weighted by Crippen LogP contribution is -2.51. The maximum Gasteiger partial charge on any atom is 0.0609 e. The minimum atomic E-state index is -0.139. The Labute approximate surface area is 91.4 Å². The number of nitrogens with zero attached hydrogens (tertiary/aromatic N) is 1. The average Bonchev–Trinajstić information content (AvgIpc) is 2.29. The van der Waals surface area contributed by atoms with Crippen LogP contribution in [-0.2, 0) is 0 Å². The van der Waals surface area contributed by atoms with Gasteiger partial charge in [0, 0.05) is 23.2 Å². The molecule has 1 aromatic rings. The van der Waals surface area contributed by atoms with Crippen molar-refractivity contribution < 1.29 is 5.11 Å². The second kappa shape index (κ2) is 3.93. The molecule has 82 valence electrons. The van der Waals surface area contributed by atoms with Gasteiger partial charge in [0.25, 0.3) is 0 Å². The molecule has 0 radical (unpaired) electrons. The molecule has 2 unspecified atom stereocenters. The largest absolute Gasteiger partial charge is 0.393 e. The van der Waals surface area contributed by atoms with Crippen molar-refractivity contribution >= 4 is 0 Å². The summed E-state index contributed by atoms with van der Waals surface area (Å²) in [6.07, 6.45) is 4.65. The van der Waals surface area contributed by atoms with Crippen LogP contribution in [0, 0.1) is 5.41 Å². The molecule has 1 aliphatic rings. The second-order valence-electron chi connectivity index (χ2n) is 4.50. The zero-order valence-corrected chi connectivity index (χ0v) is 9.48. The van der Waals surface area contributed by atoms with E-state index >= 15 is 0 Å². The number of aliphatic hydroxyl groups is 1. The first kappa shape index (κ1) is 10.6. The lowest BCUT2D eigenvalue weighted by molar-refractivity contribution is -0.0944. The number of aliphatic hydroxyl groups excluding tert-OH is 1. The minimum Gasteiger partial charge on any atom is -0.393 e. The van der Waals surface area contributed by atoms with Gasteiger partial charge in [-0.3, -0.25) is 4.98 Å². The van der Waals surface area contributed by atoms with Crippen LogP contribution in [0.4, 0.5) is 0 Å². The monoisotopic (exact) mass is 205 g/mol. The van der Waals surface area contributed by atoms with Crippen molar-refractivity contribution in [2.75, 3.05) is 0 Å². The smallest absolute Gasteiger partial charge is 0.0609 e. The van der Waals surface area contributed by atoms with Crippen LogP contribution in [0.2, 0.25) is 0 Å². The molecule has 0 aliphatic heterocycles. The van der Waals surface area contributed by atoms with E-state index in [9.17, 15) is 5.11 Å². The molecular weight excluding hydrogens is 186 g/mol. The van der Waals surface area contributed by atoms with Gasteiger partial charge >= 0.3 is 0 Å². The number of hydrogen-bond acceptors (Lipinski definition) is 2. The van der Waals surface area contributed by atoms with E-state index in [1.54, 1.807) is 0 Å². The fourth-order valence-electron chi connectivity index (χ4n) is 2.98. The van der Waals surface area contributed by atoms with Crippen molar-refractivity contribution in [2.24, 2.45) is 5.41 Å². The van der Waals surface area contributed by atoms with Gasteiger partial charge in [0.15, 0.2) is 0 Å². The van der Waals surface area contributed by atoms with Crippen molar-refractivity contribution in [3.8, 4) is 0 Å². The van der Waals surface area contributed by atoms with Crippen LogP contribution < -0.4 is 0 Å². The Balaban J connectivity index is 2.25. The summed E-state index contributed by atoms with van der Waals surface area (Å²) in [5.74, 6) is 0.448. The summed E-state index contributed by atoms with van der Waals surface area (Å²) in [5.41, 5.74) is 1.22. The normalized spacial score (nSPS) is 28.5. The zero-order valence-electron chi connectivity index (χ0n) is 9.48. The van der Waals surface area contributed by atoms with Gasteiger partial charge in [-0.15, -0.1) is 0 Å². The summed E-state index contributed by atoms with van der Waals surface area (Å²) in [4.78, 5) is 4.42. The number of aromatic nitrogens is 1. The van der Waals surface area contributed by atoms with Gasteiger partial charge < -0.3 is 5.11 Å². The number of rotatable bonds is 3. The molecule has 0 spiro atoms. The van der Waals surface area contributed by atoms with Crippen LogP contribution in [-0.4, -0.2) is 16.2 Å². The minimum absolute atomic E-state index is 0.0777. The number of hydrogen-bond donors (Lipinski definition) is 1. The molecule has 0 aromatic carbocycles. The van der Waals surface area contributed by atoms with Crippen molar-refractivity contribution in [1.29, 1.82) is 0 Å². The van der Waals surface area contributed by atoms with E-state index in [0.29, 0.717) is 5.92 Å².